The van der Waals surface area contributed by atoms with Gasteiger partial charge in [0.05, 0.1) is 4.92 Å². The summed E-state index contributed by atoms with van der Waals surface area (Å²) in [6, 6.07) is 9.68. The Morgan fingerprint density at radius 1 is 1.25 bits per heavy atom. The molecule has 7 heteroatoms. The molecule has 0 saturated heterocycles. The van der Waals surface area contributed by atoms with Crippen molar-refractivity contribution in [3.05, 3.63) is 64.0 Å². The summed E-state index contributed by atoms with van der Waals surface area (Å²) in [5.74, 6) is -1.82. The summed E-state index contributed by atoms with van der Waals surface area (Å²) in [5, 5.41) is 19.7. The van der Waals surface area contributed by atoms with Crippen LogP contribution in [0.1, 0.15) is 10.4 Å². The zero-order valence-electron chi connectivity index (χ0n) is 9.95. The maximum Gasteiger partial charge on any atom is 0.342 e. The first-order valence-corrected chi connectivity index (χ1v) is 6.25. The smallest absolute Gasteiger partial charge is 0.342 e. The second kappa shape index (κ2) is 5.70. The molecule has 0 aromatic heterocycles. The molecule has 0 bridgehead atoms. The third kappa shape index (κ3) is 2.94. The van der Waals surface area contributed by atoms with Crippen molar-refractivity contribution < 1.29 is 19.2 Å². The number of rotatable bonds is 4. The lowest BCUT2D eigenvalue weighted by atomic mass is 10.2. The van der Waals surface area contributed by atoms with Crippen LogP contribution in [0.3, 0.4) is 0 Å². The van der Waals surface area contributed by atoms with Gasteiger partial charge in [0.25, 0.3) is 5.69 Å². The number of carboxylic acid groups (broad SMARTS) is 1. The topological polar surface area (TPSA) is 80.4 Å². The van der Waals surface area contributed by atoms with Gasteiger partial charge in [-0.1, -0.05) is 23.9 Å². The van der Waals surface area contributed by atoms with E-state index in [-0.39, 0.29) is 0 Å². The molecule has 0 fully saturated rings. The third-order valence-electron chi connectivity index (χ3n) is 2.46. The Morgan fingerprint density at radius 2 is 1.95 bits per heavy atom. The number of carboxylic acids is 1. The highest BCUT2D eigenvalue weighted by atomic mass is 32.2. The van der Waals surface area contributed by atoms with Crippen molar-refractivity contribution in [2.24, 2.45) is 0 Å². The van der Waals surface area contributed by atoms with Crippen molar-refractivity contribution >= 4 is 23.4 Å². The molecule has 0 amide bonds. The van der Waals surface area contributed by atoms with Crippen molar-refractivity contribution in [2.45, 2.75) is 9.79 Å². The van der Waals surface area contributed by atoms with Crippen LogP contribution in [0, 0.1) is 15.9 Å². The highest BCUT2D eigenvalue weighted by Crippen LogP contribution is 2.33. The Morgan fingerprint density at radius 3 is 2.55 bits per heavy atom. The number of benzene rings is 2. The van der Waals surface area contributed by atoms with Gasteiger partial charge in [0.2, 0.25) is 0 Å². The van der Waals surface area contributed by atoms with Crippen LogP contribution in [0.2, 0.25) is 0 Å². The molecule has 5 nitrogen and oxygen atoms in total. The van der Waals surface area contributed by atoms with Crippen LogP contribution < -0.4 is 0 Å². The molecule has 0 unspecified atom stereocenters. The summed E-state index contributed by atoms with van der Waals surface area (Å²) in [6.07, 6.45) is 0. The van der Waals surface area contributed by atoms with E-state index in [4.69, 9.17) is 5.11 Å². The van der Waals surface area contributed by atoms with E-state index >= 15 is 0 Å². The molecule has 0 saturated carbocycles. The highest BCUT2D eigenvalue weighted by Gasteiger charge is 2.20. The molecule has 0 aliphatic heterocycles. The lowest BCUT2D eigenvalue weighted by molar-refractivity contribution is -0.385. The van der Waals surface area contributed by atoms with Gasteiger partial charge < -0.3 is 5.11 Å². The molecular formula is C13H8FNO4S. The maximum atomic E-state index is 13.5. The van der Waals surface area contributed by atoms with Crippen molar-refractivity contribution in [2.75, 3.05) is 0 Å². The summed E-state index contributed by atoms with van der Waals surface area (Å²) in [4.78, 5) is 21.7. The van der Waals surface area contributed by atoms with E-state index in [1.165, 1.54) is 24.3 Å². The zero-order chi connectivity index (χ0) is 14.7. The van der Waals surface area contributed by atoms with Crippen LogP contribution in [-0.4, -0.2) is 16.0 Å². The van der Waals surface area contributed by atoms with E-state index in [9.17, 15) is 19.3 Å². The lowest BCUT2D eigenvalue weighted by Gasteiger charge is -2.04. The Balaban J connectivity index is 2.40. The van der Waals surface area contributed by atoms with Gasteiger partial charge in [0.1, 0.15) is 11.4 Å². The van der Waals surface area contributed by atoms with Crippen LogP contribution in [0.4, 0.5) is 10.1 Å². The van der Waals surface area contributed by atoms with Crippen LogP contribution in [-0.2, 0) is 0 Å². The van der Waals surface area contributed by atoms with Crippen molar-refractivity contribution in [1.29, 1.82) is 0 Å². The SMILES string of the molecule is O=C(O)c1ccc(Sc2ccccc2F)cc1[N+](=O)[O-]. The first kappa shape index (κ1) is 14.0. The minimum atomic E-state index is -1.38. The highest BCUT2D eigenvalue weighted by molar-refractivity contribution is 7.99. The fourth-order valence-electron chi connectivity index (χ4n) is 1.56. The molecule has 0 heterocycles. The summed E-state index contributed by atoms with van der Waals surface area (Å²) in [7, 11) is 0. The van der Waals surface area contributed by atoms with Gasteiger partial charge in [-0.15, -0.1) is 0 Å². The van der Waals surface area contributed by atoms with Crippen LogP contribution >= 0.6 is 11.8 Å². The maximum absolute atomic E-state index is 13.5. The number of halogens is 1. The van der Waals surface area contributed by atoms with Crippen molar-refractivity contribution in [1.82, 2.24) is 0 Å². The quantitative estimate of drug-likeness (QED) is 0.688. The normalized spacial score (nSPS) is 10.2. The molecule has 102 valence electrons. The largest absolute Gasteiger partial charge is 0.477 e. The molecular weight excluding hydrogens is 285 g/mol. The number of nitro benzene ring substituents is 1. The predicted molar refractivity (Wildman–Crippen MR) is 70.6 cm³/mol. The van der Waals surface area contributed by atoms with Gasteiger partial charge in [-0.2, -0.15) is 0 Å². The minimum Gasteiger partial charge on any atom is -0.477 e. The standard InChI is InChI=1S/C13H8FNO4S/c14-10-3-1-2-4-12(10)20-8-5-6-9(13(16)17)11(7-8)15(18)19/h1-7H,(H,16,17). The second-order valence-electron chi connectivity index (χ2n) is 3.77. The van der Waals surface area contributed by atoms with Gasteiger partial charge in [-0.3, -0.25) is 10.1 Å². The van der Waals surface area contributed by atoms with E-state index in [0.29, 0.717) is 9.79 Å². The fourth-order valence-corrected chi connectivity index (χ4v) is 2.43. The van der Waals surface area contributed by atoms with Crippen LogP contribution in [0.5, 0.6) is 0 Å². The molecule has 0 aliphatic rings. The number of hydrogen-bond acceptors (Lipinski definition) is 4. The van der Waals surface area contributed by atoms with Crippen LogP contribution in [0.15, 0.2) is 52.3 Å². The predicted octanol–water partition coefficient (Wildman–Crippen LogP) is 3.58. The summed E-state index contributed by atoms with van der Waals surface area (Å²) in [6.45, 7) is 0. The number of aromatic carboxylic acids is 1. The molecule has 2 aromatic rings. The molecule has 0 radical (unpaired) electrons. The van der Waals surface area contributed by atoms with Gasteiger partial charge in [0, 0.05) is 15.9 Å². The van der Waals surface area contributed by atoms with E-state index < -0.39 is 28.0 Å². The van der Waals surface area contributed by atoms with Crippen LogP contribution in [0.25, 0.3) is 0 Å². The van der Waals surface area contributed by atoms with Gasteiger partial charge in [-0.25, -0.2) is 9.18 Å². The average molecular weight is 293 g/mol. The summed E-state index contributed by atoms with van der Waals surface area (Å²) < 4.78 is 13.5. The van der Waals surface area contributed by atoms with Crippen molar-refractivity contribution in [3.63, 3.8) is 0 Å². The summed E-state index contributed by atoms with van der Waals surface area (Å²) >= 11 is 0.994. The first-order valence-electron chi connectivity index (χ1n) is 5.43. The van der Waals surface area contributed by atoms with E-state index in [1.807, 2.05) is 0 Å². The molecule has 2 rings (SSSR count). The molecule has 0 aliphatic carbocycles. The summed E-state index contributed by atoms with van der Waals surface area (Å²) in [5.41, 5.74) is -0.910. The zero-order valence-corrected chi connectivity index (χ0v) is 10.8. The number of nitrogens with zero attached hydrogens (tertiary/aromatic N) is 1. The Hall–Kier alpha value is -2.41. The Kier molecular flexibility index (Phi) is 3.99. The second-order valence-corrected chi connectivity index (χ2v) is 4.89. The van der Waals surface area contributed by atoms with E-state index in [2.05, 4.69) is 0 Å². The number of carbonyl (C=O) groups is 1. The van der Waals surface area contributed by atoms with Gasteiger partial charge >= 0.3 is 5.97 Å². The average Bonchev–Trinajstić information content (AvgIpc) is 2.41. The van der Waals surface area contributed by atoms with Gasteiger partial charge in [0.15, 0.2) is 0 Å². The first-order chi connectivity index (χ1) is 9.49. The van der Waals surface area contributed by atoms with Gasteiger partial charge in [-0.05, 0) is 24.3 Å². The molecule has 2 aromatic carbocycles. The number of nitro groups is 1. The molecule has 0 atom stereocenters. The molecule has 0 spiro atoms. The third-order valence-corrected chi connectivity index (χ3v) is 3.50. The van der Waals surface area contributed by atoms with Crippen molar-refractivity contribution in [3.8, 4) is 0 Å². The molecule has 1 N–H and O–H groups in total. The Bertz CT molecular complexity index is 690. The van der Waals surface area contributed by atoms with E-state index in [1.54, 1.807) is 6.07 Å². The lowest BCUT2D eigenvalue weighted by Crippen LogP contribution is -2.02. The molecule has 20 heavy (non-hydrogen) atoms. The monoisotopic (exact) mass is 293 g/mol. The number of hydrogen-bond donors (Lipinski definition) is 1. The minimum absolute atomic E-state index is 0.310. The van der Waals surface area contributed by atoms with E-state index in [0.717, 1.165) is 23.9 Å². The Labute approximate surface area is 117 Å². The fraction of sp³-hybridized carbons (Fsp3) is 0.